The van der Waals surface area contributed by atoms with Crippen molar-refractivity contribution in [1.82, 2.24) is 29.8 Å². The van der Waals surface area contributed by atoms with Crippen molar-refractivity contribution in [3.63, 3.8) is 0 Å². The lowest BCUT2D eigenvalue weighted by Gasteiger charge is -2.15. The molecule has 0 unspecified atom stereocenters. The van der Waals surface area contributed by atoms with Gasteiger partial charge in [0.15, 0.2) is 17.3 Å². The molecule has 0 radical (unpaired) electrons. The predicted molar refractivity (Wildman–Crippen MR) is 85.2 cm³/mol. The highest BCUT2D eigenvalue weighted by molar-refractivity contribution is 5.73. The number of aromatic nitrogens is 6. The van der Waals surface area contributed by atoms with Gasteiger partial charge in [-0.2, -0.15) is 10.2 Å². The van der Waals surface area contributed by atoms with E-state index >= 15 is 0 Å². The third kappa shape index (κ3) is 2.44. The highest BCUT2D eigenvalue weighted by Gasteiger charge is 2.18. The van der Waals surface area contributed by atoms with E-state index in [1.165, 1.54) is 12.8 Å². The Balaban J connectivity index is 1.74. The molecule has 1 fully saturated rings. The van der Waals surface area contributed by atoms with Crippen LogP contribution in [-0.4, -0.2) is 50.0 Å². The first-order valence-corrected chi connectivity index (χ1v) is 7.81. The van der Waals surface area contributed by atoms with Crippen LogP contribution in [0, 0.1) is 0 Å². The molecule has 1 N–H and O–H groups in total. The lowest BCUT2D eigenvalue weighted by molar-refractivity contribution is 0.112. The largest absolute Gasteiger partial charge is 0.374 e. The van der Waals surface area contributed by atoms with Gasteiger partial charge in [-0.15, -0.1) is 0 Å². The second-order valence-corrected chi connectivity index (χ2v) is 5.73. The Kier molecular flexibility index (Phi) is 3.45. The summed E-state index contributed by atoms with van der Waals surface area (Å²) in [6.07, 6.45) is 5.99. The number of H-pyrrole nitrogens is 1. The molecule has 0 bridgehead atoms. The minimum atomic E-state index is -0.133. The Bertz CT molecular complexity index is 818. The van der Waals surface area contributed by atoms with Crippen LogP contribution in [0.1, 0.15) is 31.7 Å². The molecule has 0 aliphatic carbocycles. The fourth-order valence-electron chi connectivity index (χ4n) is 2.83. The van der Waals surface area contributed by atoms with Gasteiger partial charge in [0, 0.05) is 26.4 Å². The molecule has 0 aromatic carbocycles. The van der Waals surface area contributed by atoms with E-state index < -0.39 is 0 Å². The van der Waals surface area contributed by atoms with Crippen LogP contribution in [0.3, 0.4) is 0 Å². The normalized spacial score (nSPS) is 16.3. The molecule has 1 aliphatic heterocycles. The molecule has 8 heteroatoms. The molecule has 4 heterocycles. The molecule has 1 saturated heterocycles. The zero-order chi connectivity index (χ0) is 15.8. The summed E-state index contributed by atoms with van der Waals surface area (Å²) in [5, 5.41) is 11.5. The monoisotopic (exact) mass is 313 g/mol. The Morgan fingerprint density at radius 2 is 2.09 bits per heavy atom. The van der Waals surface area contributed by atoms with E-state index in [0.29, 0.717) is 11.6 Å². The molecule has 0 saturated carbocycles. The second kappa shape index (κ2) is 5.62. The van der Waals surface area contributed by atoms with Gasteiger partial charge in [0.2, 0.25) is 0 Å². The van der Waals surface area contributed by atoms with Crippen molar-refractivity contribution < 1.29 is 4.74 Å². The molecule has 120 valence electrons. The van der Waals surface area contributed by atoms with Crippen molar-refractivity contribution in [2.24, 2.45) is 0 Å². The maximum atomic E-state index is 5.26. The smallest absolute Gasteiger partial charge is 0.186 e. The van der Waals surface area contributed by atoms with Crippen molar-refractivity contribution in [1.29, 1.82) is 0 Å². The van der Waals surface area contributed by atoms with E-state index in [1.807, 2.05) is 19.2 Å². The quantitative estimate of drug-likeness (QED) is 0.791. The van der Waals surface area contributed by atoms with Gasteiger partial charge in [0.25, 0.3) is 0 Å². The van der Waals surface area contributed by atoms with Gasteiger partial charge in [0.05, 0.1) is 11.8 Å². The second-order valence-electron chi connectivity index (χ2n) is 5.73. The summed E-state index contributed by atoms with van der Waals surface area (Å²) in [4.78, 5) is 11.6. The molecular formula is C15H19N7O. The average Bonchev–Trinajstić information content (AvgIpc) is 3.31. The van der Waals surface area contributed by atoms with E-state index in [4.69, 9.17) is 9.72 Å². The third-order valence-corrected chi connectivity index (χ3v) is 4.27. The first-order chi connectivity index (χ1) is 11.3. The number of ether oxygens (including phenoxy) is 1. The Morgan fingerprint density at radius 1 is 1.26 bits per heavy atom. The van der Waals surface area contributed by atoms with E-state index in [0.717, 1.165) is 30.1 Å². The van der Waals surface area contributed by atoms with Gasteiger partial charge in [-0.3, -0.25) is 5.10 Å². The van der Waals surface area contributed by atoms with E-state index in [9.17, 15) is 0 Å². The van der Waals surface area contributed by atoms with E-state index in [-0.39, 0.29) is 6.10 Å². The van der Waals surface area contributed by atoms with Gasteiger partial charge in [-0.25, -0.2) is 14.5 Å². The van der Waals surface area contributed by atoms with Crippen molar-refractivity contribution in [2.75, 3.05) is 25.1 Å². The molecule has 3 aromatic rings. The van der Waals surface area contributed by atoms with Crippen LogP contribution in [0.15, 0.2) is 18.5 Å². The SMILES string of the molecule is CO[C@@H](C)c1nc(-c2cnn3ccc(N4CCCC4)nc23)n[nH]1. The summed E-state index contributed by atoms with van der Waals surface area (Å²) in [6.45, 7) is 4.04. The predicted octanol–water partition coefficient (Wildman–Crippen LogP) is 1.82. The molecule has 0 spiro atoms. The number of aromatic amines is 1. The zero-order valence-corrected chi connectivity index (χ0v) is 13.2. The summed E-state index contributed by atoms with van der Waals surface area (Å²) < 4.78 is 7.02. The van der Waals surface area contributed by atoms with Crippen LogP contribution in [0.25, 0.3) is 17.0 Å². The van der Waals surface area contributed by atoms with Crippen molar-refractivity contribution in [3.05, 3.63) is 24.3 Å². The standard InChI is InChI=1S/C15H19N7O/c1-10(23-2)13-18-14(20-19-13)11-9-16-22-8-5-12(17-15(11)22)21-6-3-4-7-21/h5,8-10H,3-4,6-7H2,1-2H3,(H,18,19,20)/t10-/m0/s1. The van der Waals surface area contributed by atoms with Gasteiger partial charge in [-0.1, -0.05) is 0 Å². The fraction of sp³-hybridized carbons (Fsp3) is 0.467. The van der Waals surface area contributed by atoms with Gasteiger partial charge in [-0.05, 0) is 25.8 Å². The van der Waals surface area contributed by atoms with Gasteiger partial charge >= 0.3 is 0 Å². The Labute approximate surface area is 133 Å². The van der Waals surface area contributed by atoms with Crippen LogP contribution < -0.4 is 4.90 Å². The fourth-order valence-corrected chi connectivity index (χ4v) is 2.83. The number of rotatable bonds is 4. The maximum absolute atomic E-state index is 5.26. The molecule has 3 aromatic heterocycles. The first kappa shape index (κ1) is 14.1. The average molecular weight is 313 g/mol. The molecule has 0 amide bonds. The van der Waals surface area contributed by atoms with E-state index in [2.05, 4.69) is 25.2 Å². The molecule has 4 rings (SSSR count). The summed E-state index contributed by atoms with van der Waals surface area (Å²) in [5.74, 6) is 2.26. The Hall–Kier alpha value is -2.48. The van der Waals surface area contributed by atoms with Crippen molar-refractivity contribution >= 4 is 11.5 Å². The maximum Gasteiger partial charge on any atom is 0.186 e. The number of nitrogens with zero attached hydrogens (tertiary/aromatic N) is 6. The third-order valence-electron chi connectivity index (χ3n) is 4.27. The number of nitrogens with one attached hydrogen (secondary N) is 1. The first-order valence-electron chi connectivity index (χ1n) is 7.81. The summed E-state index contributed by atoms with van der Waals surface area (Å²) in [7, 11) is 1.64. The molecule has 1 aliphatic rings. The number of methoxy groups -OCH3 is 1. The van der Waals surface area contributed by atoms with Crippen molar-refractivity contribution in [3.8, 4) is 11.4 Å². The van der Waals surface area contributed by atoms with E-state index in [1.54, 1.807) is 17.8 Å². The van der Waals surface area contributed by atoms with Gasteiger partial charge < -0.3 is 9.64 Å². The molecular weight excluding hydrogens is 294 g/mol. The Morgan fingerprint density at radius 3 is 2.87 bits per heavy atom. The minimum absolute atomic E-state index is 0.133. The zero-order valence-electron chi connectivity index (χ0n) is 13.2. The van der Waals surface area contributed by atoms with Crippen molar-refractivity contribution in [2.45, 2.75) is 25.9 Å². The lowest BCUT2D eigenvalue weighted by Crippen LogP contribution is -2.19. The van der Waals surface area contributed by atoms with Crippen LogP contribution in [0.4, 0.5) is 5.82 Å². The summed E-state index contributed by atoms with van der Waals surface area (Å²) in [6, 6.07) is 2.01. The summed E-state index contributed by atoms with van der Waals surface area (Å²) >= 11 is 0. The van der Waals surface area contributed by atoms with Gasteiger partial charge in [0.1, 0.15) is 11.9 Å². The highest BCUT2D eigenvalue weighted by atomic mass is 16.5. The van der Waals surface area contributed by atoms with Crippen LogP contribution in [-0.2, 0) is 4.74 Å². The number of hydrogen-bond donors (Lipinski definition) is 1. The van der Waals surface area contributed by atoms with Crippen LogP contribution >= 0.6 is 0 Å². The van der Waals surface area contributed by atoms with Crippen LogP contribution in [0.5, 0.6) is 0 Å². The number of fused-ring (bicyclic) bond motifs is 1. The topological polar surface area (TPSA) is 84.2 Å². The number of hydrogen-bond acceptors (Lipinski definition) is 6. The highest BCUT2D eigenvalue weighted by Crippen LogP contribution is 2.24. The molecule has 1 atom stereocenters. The number of anilines is 1. The minimum Gasteiger partial charge on any atom is -0.374 e. The lowest BCUT2D eigenvalue weighted by atomic mass is 10.3. The summed E-state index contributed by atoms with van der Waals surface area (Å²) in [5.41, 5.74) is 1.59. The molecule has 23 heavy (non-hydrogen) atoms. The van der Waals surface area contributed by atoms with Crippen LogP contribution in [0.2, 0.25) is 0 Å². The molecule has 8 nitrogen and oxygen atoms in total.